The van der Waals surface area contributed by atoms with Gasteiger partial charge in [0, 0.05) is 38.1 Å². The molecule has 0 spiro atoms. The molecule has 0 amide bonds. The second kappa shape index (κ2) is 6.03. The largest absolute Gasteiger partial charge is 0.391 e. The van der Waals surface area contributed by atoms with Gasteiger partial charge in [-0.15, -0.1) is 0 Å². The second-order valence-electron chi connectivity index (χ2n) is 5.46. The van der Waals surface area contributed by atoms with Gasteiger partial charge in [-0.25, -0.2) is 4.98 Å². The molecule has 0 aliphatic carbocycles. The van der Waals surface area contributed by atoms with Crippen LogP contribution in [0.3, 0.4) is 0 Å². The van der Waals surface area contributed by atoms with Gasteiger partial charge in [0.05, 0.1) is 11.5 Å². The number of aromatic nitrogens is 1. The Kier molecular flexibility index (Phi) is 4.12. The molecule has 1 aromatic carbocycles. The van der Waals surface area contributed by atoms with Crippen molar-refractivity contribution >= 4 is 22.2 Å². The van der Waals surface area contributed by atoms with Crippen molar-refractivity contribution in [2.75, 3.05) is 36.0 Å². The maximum atomic E-state index is 9.14. The van der Waals surface area contributed by atoms with Gasteiger partial charge in [-0.1, -0.05) is 23.5 Å². The molecule has 1 aliphatic rings. The van der Waals surface area contributed by atoms with Gasteiger partial charge < -0.3 is 14.9 Å². The second-order valence-corrected chi connectivity index (χ2v) is 6.55. The SMILES string of the molecule is Cc1cccc(N2CCN(c3ncc(CO)s3)CC2)c1C. The Morgan fingerprint density at radius 1 is 1.14 bits per heavy atom. The zero-order valence-corrected chi connectivity index (χ0v) is 13.4. The summed E-state index contributed by atoms with van der Waals surface area (Å²) in [7, 11) is 0. The highest BCUT2D eigenvalue weighted by Gasteiger charge is 2.20. The van der Waals surface area contributed by atoms with Gasteiger partial charge in [0.25, 0.3) is 0 Å². The number of rotatable bonds is 3. The van der Waals surface area contributed by atoms with E-state index in [9.17, 15) is 0 Å². The summed E-state index contributed by atoms with van der Waals surface area (Å²) < 4.78 is 0. The normalized spacial score (nSPS) is 15.6. The number of hydrogen-bond acceptors (Lipinski definition) is 5. The van der Waals surface area contributed by atoms with E-state index in [4.69, 9.17) is 5.11 Å². The van der Waals surface area contributed by atoms with Crippen molar-refractivity contribution in [2.45, 2.75) is 20.5 Å². The lowest BCUT2D eigenvalue weighted by Gasteiger charge is -2.36. The number of thiazole rings is 1. The fourth-order valence-corrected chi connectivity index (χ4v) is 3.55. The predicted octanol–water partition coefficient (Wildman–Crippen LogP) is 2.58. The number of nitrogens with zero attached hydrogens (tertiary/aromatic N) is 3. The highest BCUT2D eigenvalue weighted by atomic mass is 32.1. The first-order chi connectivity index (χ1) is 10.2. The quantitative estimate of drug-likeness (QED) is 0.946. The molecule has 2 aromatic rings. The Labute approximate surface area is 129 Å². The minimum absolute atomic E-state index is 0.0835. The first kappa shape index (κ1) is 14.4. The lowest BCUT2D eigenvalue weighted by molar-refractivity contribution is 0.285. The molecule has 0 atom stereocenters. The molecular formula is C16H21N3OS. The van der Waals surface area contributed by atoms with Crippen LogP contribution >= 0.6 is 11.3 Å². The van der Waals surface area contributed by atoms with Crippen LogP contribution in [0.25, 0.3) is 0 Å². The summed E-state index contributed by atoms with van der Waals surface area (Å²) >= 11 is 1.59. The highest BCUT2D eigenvalue weighted by molar-refractivity contribution is 7.15. The van der Waals surface area contributed by atoms with Gasteiger partial charge in [0.2, 0.25) is 0 Å². The van der Waals surface area contributed by atoms with Gasteiger partial charge in [-0.2, -0.15) is 0 Å². The van der Waals surface area contributed by atoms with Crippen molar-refractivity contribution in [3.8, 4) is 0 Å². The molecule has 1 saturated heterocycles. The van der Waals surface area contributed by atoms with Gasteiger partial charge >= 0.3 is 0 Å². The lowest BCUT2D eigenvalue weighted by atomic mass is 10.1. The number of hydrogen-bond donors (Lipinski definition) is 1. The van der Waals surface area contributed by atoms with Gasteiger partial charge in [-0.05, 0) is 31.0 Å². The smallest absolute Gasteiger partial charge is 0.185 e. The molecule has 0 bridgehead atoms. The van der Waals surface area contributed by atoms with E-state index in [1.165, 1.54) is 16.8 Å². The molecule has 112 valence electrons. The van der Waals surface area contributed by atoms with Crippen LogP contribution < -0.4 is 9.80 Å². The van der Waals surface area contributed by atoms with E-state index < -0.39 is 0 Å². The molecular weight excluding hydrogens is 282 g/mol. The molecule has 0 unspecified atom stereocenters. The number of anilines is 2. The van der Waals surface area contributed by atoms with Crippen LogP contribution in [0.4, 0.5) is 10.8 Å². The molecule has 0 saturated carbocycles. The van der Waals surface area contributed by atoms with E-state index in [2.05, 4.69) is 46.8 Å². The topological polar surface area (TPSA) is 39.6 Å². The summed E-state index contributed by atoms with van der Waals surface area (Å²) in [5.74, 6) is 0. The average Bonchev–Trinajstić information content (AvgIpc) is 2.99. The van der Waals surface area contributed by atoms with Crippen molar-refractivity contribution in [1.82, 2.24) is 4.98 Å². The number of piperazine rings is 1. The van der Waals surface area contributed by atoms with Crippen LogP contribution in [0.15, 0.2) is 24.4 Å². The number of aliphatic hydroxyl groups excluding tert-OH is 1. The number of aliphatic hydroxyl groups is 1. The molecule has 1 fully saturated rings. The van der Waals surface area contributed by atoms with Gasteiger partial charge in [0.1, 0.15) is 0 Å². The van der Waals surface area contributed by atoms with Crippen LogP contribution in [0.5, 0.6) is 0 Å². The van der Waals surface area contributed by atoms with Gasteiger partial charge in [-0.3, -0.25) is 0 Å². The van der Waals surface area contributed by atoms with Crippen molar-refractivity contribution in [2.24, 2.45) is 0 Å². The zero-order chi connectivity index (χ0) is 14.8. The average molecular weight is 303 g/mol. The lowest BCUT2D eigenvalue weighted by Crippen LogP contribution is -2.46. The Hall–Kier alpha value is -1.59. The van der Waals surface area contributed by atoms with E-state index >= 15 is 0 Å². The minimum Gasteiger partial charge on any atom is -0.391 e. The summed E-state index contributed by atoms with van der Waals surface area (Å²) in [5, 5.41) is 10.2. The van der Waals surface area contributed by atoms with Crippen molar-refractivity contribution in [3.63, 3.8) is 0 Å². The third-order valence-corrected chi connectivity index (χ3v) is 5.21. The Morgan fingerprint density at radius 3 is 2.52 bits per heavy atom. The summed E-state index contributed by atoms with van der Waals surface area (Å²) in [4.78, 5) is 10.1. The number of benzene rings is 1. The van der Waals surface area contributed by atoms with E-state index in [0.717, 1.165) is 36.2 Å². The molecule has 1 N–H and O–H groups in total. The summed E-state index contributed by atoms with van der Waals surface area (Å²) in [5.41, 5.74) is 4.08. The van der Waals surface area contributed by atoms with E-state index in [1.807, 2.05) is 0 Å². The van der Waals surface area contributed by atoms with E-state index in [1.54, 1.807) is 17.5 Å². The van der Waals surface area contributed by atoms with Gasteiger partial charge in [0.15, 0.2) is 5.13 Å². The van der Waals surface area contributed by atoms with Crippen molar-refractivity contribution < 1.29 is 5.11 Å². The molecule has 2 heterocycles. The van der Waals surface area contributed by atoms with Crippen LogP contribution in [0.1, 0.15) is 16.0 Å². The fraction of sp³-hybridized carbons (Fsp3) is 0.438. The third-order valence-electron chi connectivity index (χ3n) is 4.16. The summed E-state index contributed by atoms with van der Waals surface area (Å²) in [6.45, 7) is 8.43. The molecule has 21 heavy (non-hydrogen) atoms. The maximum Gasteiger partial charge on any atom is 0.185 e. The highest BCUT2D eigenvalue weighted by Crippen LogP contribution is 2.27. The first-order valence-electron chi connectivity index (χ1n) is 7.30. The fourth-order valence-electron chi connectivity index (χ4n) is 2.73. The third kappa shape index (κ3) is 2.89. The van der Waals surface area contributed by atoms with E-state index in [-0.39, 0.29) is 6.61 Å². The summed E-state index contributed by atoms with van der Waals surface area (Å²) in [6.07, 6.45) is 1.77. The molecule has 0 radical (unpaired) electrons. The Balaban J connectivity index is 1.68. The number of aryl methyl sites for hydroxylation is 1. The standard InChI is InChI=1S/C16H21N3OS/c1-12-4-3-5-15(13(12)2)18-6-8-19(9-7-18)16-17-10-14(11-20)21-16/h3-5,10,20H,6-9,11H2,1-2H3. The van der Waals surface area contributed by atoms with Crippen molar-refractivity contribution in [1.29, 1.82) is 0 Å². The molecule has 3 rings (SSSR count). The monoisotopic (exact) mass is 303 g/mol. The van der Waals surface area contributed by atoms with Crippen LogP contribution in [-0.4, -0.2) is 36.3 Å². The predicted molar refractivity (Wildman–Crippen MR) is 88.4 cm³/mol. The Bertz CT molecular complexity index is 618. The Morgan fingerprint density at radius 2 is 1.86 bits per heavy atom. The molecule has 1 aromatic heterocycles. The van der Waals surface area contributed by atoms with Crippen LogP contribution in [-0.2, 0) is 6.61 Å². The van der Waals surface area contributed by atoms with Crippen LogP contribution in [0.2, 0.25) is 0 Å². The zero-order valence-electron chi connectivity index (χ0n) is 12.5. The van der Waals surface area contributed by atoms with Crippen molar-refractivity contribution in [3.05, 3.63) is 40.4 Å². The molecule has 5 heteroatoms. The minimum atomic E-state index is 0.0835. The maximum absolute atomic E-state index is 9.14. The first-order valence-corrected chi connectivity index (χ1v) is 8.12. The summed E-state index contributed by atoms with van der Waals surface area (Å²) in [6, 6.07) is 6.52. The van der Waals surface area contributed by atoms with E-state index in [0.29, 0.717) is 0 Å². The molecule has 1 aliphatic heterocycles. The van der Waals surface area contributed by atoms with Crippen LogP contribution in [0, 0.1) is 13.8 Å². The molecule has 4 nitrogen and oxygen atoms in total.